The molecular weight excluding hydrogens is 603 g/mol. The summed E-state index contributed by atoms with van der Waals surface area (Å²) >= 11 is 2.75. The van der Waals surface area contributed by atoms with Crippen molar-refractivity contribution in [2.75, 3.05) is 27.4 Å². The summed E-state index contributed by atoms with van der Waals surface area (Å²) in [6.07, 6.45) is 2.69. The molecule has 0 spiro atoms. The lowest BCUT2D eigenvalue weighted by atomic mass is 9.92. The molecule has 1 aromatic carbocycles. The van der Waals surface area contributed by atoms with Crippen LogP contribution in [0.4, 0.5) is 0 Å². The number of rotatable bonds is 9. The maximum atomic E-state index is 13.1. The molecule has 1 N–H and O–H groups in total. The predicted octanol–water partition coefficient (Wildman–Crippen LogP) is 4.98. The number of furan rings is 1. The van der Waals surface area contributed by atoms with Gasteiger partial charge in [-0.15, -0.1) is 16.4 Å². The highest BCUT2D eigenvalue weighted by Crippen LogP contribution is 2.39. The molecule has 0 saturated carbocycles. The van der Waals surface area contributed by atoms with Crippen molar-refractivity contribution in [3.8, 4) is 28.1 Å². The molecule has 1 aliphatic heterocycles. The Hall–Kier alpha value is -3.24. The summed E-state index contributed by atoms with van der Waals surface area (Å²) in [5, 5.41) is 8.27. The second-order valence-electron chi connectivity index (χ2n) is 10.9. The van der Waals surface area contributed by atoms with Crippen LogP contribution in [0.3, 0.4) is 0 Å². The Morgan fingerprint density at radius 3 is 2.64 bits per heavy atom. The number of benzene rings is 1. The molecule has 5 aromatic rings. The largest absolute Gasteiger partial charge is 0.496 e. The number of nitrogens with one attached hydrogen (secondary N) is 1. The molecule has 42 heavy (non-hydrogen) atoms. The smallest absolute Gasteiger partial charge is 0.294 e. The van der Waals surface area contributed by atoms with Crippen LogP contribution in [0.2, 0.25) is 0 Å². The molecular formula is C27H31N5O7S3. The highest BCUT2D eigenvalue weighted by Gasteiger charge is 2.44. The monoisotopic (exact) mass is 633 g/mol. The summed E-state index contributed by atoms with van der Waals surface area (Å²) in [5.74, 6) is 1.69. The number of aromatic nitrogens is 4. The van der Waals surface area contributed by atoms with Gasteiger partial charge in [-0.3, -0.25) is 0 Å². The molecule has 0 bridgehead atoms. The van der Waals surface area contributed by atoms with Gasteiger partial charge < -0.3 is 23.4 Å². The van der Waals surface area contributed by atoms with Crippen molar-refractivity contribution in [1.82, 2.24) is 24.3 Å². The normalized spacial score (nSPS) is 15.8. The fourth-order valence-corrected chi connectivity index (χ4v) is 7.50. The van der Waals surface area contributed by atoms with Crippen LogP contribution in [-0.4, -0.2) is 60.2 Å². The molecule has 15 heteroatoms. The zero-order valence-corrected chi connectivity index (χ0v) is 26.2. The zero-order valence-electron chi connectivity index (χ0n) is 23.8. The average molecular weight is 634 g/mol. The lowest BCUT2D eigenvalue weighted by molar-refractivity contribution is 0.0455. The van der Waals surface area contributed by atoms with Gasteiger partial charge in [0.25, 0.3) is 5.19 Å². The lowest BCUT2D eigenvalue weighted by Gasteiger charge is -2.38. The van der Waals surface area contributed by atoms with E-state index in [1.807, 2.05) is 11.4 Å². The highest BCUT2D eigenvalue weighted by molar-refractivity contribution is 7.90. The van der Waals surface area contributed by atoms with E-state index in [9.17, 15) is 8.42 Å². The Morgan fingerprint density at radius 2 is 1.93 bits per heavy atom. The summed E-state index contributed by atoms with van der Waals surface area (Å²) in [6, 6.07) is 5.47. The van der Waals surface area contributed by atoms with E-state index in [2.05, 4.69) is 14.8 Å². The summed E-state index contributed by atoms with van der Waals surface area (Å²) in [7, 11) is -0.481. The van der Waals surface area contributed by atoms with E-state index in [0.29, 0.717) is 75.4 Å². The van der Waals surface area contributed by atoms with Crippen molar-refractivity contribution in [3.63, 3.8) is 0 Å². The van der Waals surface area contributed by atoms with Gasteiger partial charge in [0.2, 0.25) is 15.0 Å². The van der Waals surface area contributed by atoms with E-state index in [1.165, 1.54) is 22.7 Å². The van der Waals surface area contributed by atoms with Crippen molar-refractivity contribution < 1.29 is 31.8 Å². The fraction of sp³-hybridized carbons (Fsp3) is 0.444. The van der Waals surface area contributed by atoms with Crippen LogP contribution in [0.1, 0.15) is 44.3 Å². The van der Waals surface area contributed by atoms with Crippen LogP contribution in [-0.2, 0) is 26.9 Å². The Labute approximate surface area is 250 Å². The van der Waals surface area contributed by atoms with E-state index in [0.717, 1.165) is 5.39 Å². The summed E-state index contributed by atoms with van der Waals surface area (Å²) in [5.41, 5.74) is 1.11. The van der Waals surface area contributed by atoms with Gasteiger partial charge in [-0.1, -0.05) is 0 Å². The quantitative estimate of drug-likeness (QED) is 0.236. The molecule has 224 valence electrons. The molecule has 6 rings (SSSR count). The maximum absolute atomic E-state index is 13.1. The van der Waals surface area contributed by atoms with E-state index >= 15 is 0 Å². The van der Waals surface area contributed by atoms with Gasteiger partial charge in [0.1, 0.15) is 34.4 Å². The van der Waals surface area contributed by atoms with Crippen LogP contribution in [0, 0.1) is 0 Å². The number of hydrogen-bond donors (Lipinski definition) is 1. The Morgan fingerprint density at radius 1 is 1.14 bits per heavy atom. The second-order valence-corrected chi connectivity index (χ2v) is 15.1. The minimum absolute atomic E-state index is 0.165. The van der Waals surface area contributed by atoms with Crippen LogP contribution < -0.4 is 18.9 Å². The minimum Gasteiger partial charge on any atom is -0.496 e. The van der Waals surface area contributed by atoms with Gasteiger partial charge in [0, 0.05) is 30.7 Å². The van der Waals surface area contributed by atoms with Gasteiger partial charge in [0.15, 0.2) is 5.76 Å². The molecule has 1 saturated heterocycles. The van der Waals surface area contributed by atoms with Crippen LogP contribution >= 0.6 is 22.7 Å². The lowest BCUT2D eigenvalue weighted by Crippen LogP contribution is -2.53. The van der Waals surface area contributed by atoms with Crippen molar-refractivity contribution in [2.45, 2.75) is 50.5 Å². The summed E-state index contributed by atoms with van der Waals surface area (Å²) < 4.78 is 58.7. The topological polar surface area (TPSA) is 139 Å². The number of sulfonamides is 1. The Bertz CT molecular complexity index is 1840. The Balaban J connectivity index is 1.28. The van der Waals surface area contributed by atoms with Crippen molar-refractivity contribution in [3.05, 3.63) is 40.5 Å². The molecule has 0 amide bonds. The maximum Gasteiger partial charge on any atom is 0.294 e. The number of fused-ring (bicyclic) bond motifs is 2. The van der Waals surface area contributed by atoms with Crippen LogP contribution in [0.5, 0.6) is 16.7 Å². The van der Waals surface area contributed by atoms with E-state index < -0.39 is 20.3 Å². The summed E-state index contributed by atoms with van der Waals surface area (Å²) in [4.78, 5) is 9.92. The number of nitrogens with zero attached hydrogens (tertiary/aromatic N) is 4. The van der Waals surface area contributed by atoms with Gasteiger partial charge >= 0.3 is 0 Å². The third-order valence-corrected chi connectivity index (χ3v) is 11.4. The van der Waals surface area contributed by atoms with Crippen molar-refractivity contribution in [2.24, 2.45) is 0 Å². The number of methoxy groups -OCH3 is 2. The second kappa shape index (κ2) is 10.8. The van der Waals surface area contributed by atoms with Gasteiger partial charge in [-0.05, 0) is 51.0 Å². The van der Waals surface area contributed by atoms with Gasteiger partial charge in [-0.25, -0.2) is 23.1 Å². The first kappa shape index (κ1) is 28.9. The van der Waals surface area contributed by atoms with E-state index in [1.54, 1.807) is 57.8 Å². The molecule has 0 unspecified atom stereocenters. The molecule has 4 aromatic heterocycles. The first-order valence-electron chi connectivity index (χ1n) is 13.2. The number of ether oxygens (including phenoxy) is 4. The fourth-order valence-electron chi connectivity index (χ4n) is 4.61. The Kier molecular flexibility index (Phi) is 7.42. The third-order valence-electron chi connectivity index (χ3n) is 7.12. The predicted molar refractivity (Wildman–Crippen MR) is 159 cm³/mol. The SMILES string of the molecule is COc1cc(OCc2csc(C3(NS(=O)(=O)C(C)(C)C)CCOCC3)n2)c2cc(-c3cnc4sc(OC)nn34)oc2c1. The first-order valence-corrected chi connectivity index (χ1v) is 16.4. The third kappa shape index (κ3) is 5.24. The van der Waals surface area contributed by atoms with E-state index in [4.69, 9.17) is 28.3 Å². The van der Waals surface area contributed by atoms with Crippen molar-refractivity contribution >= 4 is 48.6 Å². The van der Waals surface area contributed by atoms with Gasteiger partial charge in [-0.2, -0.15) is 4.52 Å². The molecule has 1 fully saturated rings. The number of thiazole rings is 1. The summed E-state index contributed by atoms with van der Waals surface area (Å²) in [6.45, 7) is 6.10. The highest BCUT2D eigenvalue weighted by atomic mass is 32.2. The average Bonchev–Trinajstić information content (AvgIpc) is 3.74. The minimum atomic E-state index is -3.62. The molecule has 12 nitrogen and oxygen atoms in total. The molecule has 1 aliphatic rings. The molecule has 0 aliphatic carbocycles. The molecule has 0 atom stereocenters. The number of imidazole rings is 1. The van der Waals surface area contributed by atoms with Crippen LogP contribution in [0.25, 0.3) is 27.4 Å². The number of hydrogen-bond acceptors (Lipinski definition) is 12. The van der Waals surface area contributed by atoms with Crippen LogP contribution in [0.15, 0.2) is 34.2 Å². The molecule has 0 radical (unpaired) electrons. The first-order chi connectivity index (χ1) is 20.0. The standard InChI is InChI=1S/C27H31N5O7S3/c1-26(2,3)42(33,34)31-27(6-8-37-9-7-27)23-29-16(15-40-23)14-38-20-10-17(35-4)11-21-18(20)12-22(39-21)19-13-28-24-32(19)30-25(36-5)41-24/h10-13,15,31H,6-9,14H2,1-5H3. The van der Waals surface area contributed by atoms with E-state index in [-0.39, 0.29) is 6.61 Å². The zero-order chi connectivity index (χ0) is 29.7. The molecule has 5 heterocycles. The van der Waals surface area contributed by atoms with Crippen molar-refractivity contribution in [1.29, 1.82) is 0 Å². The van der Waals surface area contributed by atoms with Gasteiger partial charge in [0.05, 0.1) is 41.8 Å².